The van der Waals surface area contributed by atoms with Crippen molar-refractivity contribution in [2.24, 2.45) is 5.73 Å². The van der Waals surface area contributed by atoms with Crippen LogP contribution < -0.4 is 10.5 Å². The van der Waals surface area contributed by atoms with Gasteiger partial charge in [0.05, 0.1) is 16.7 Å². The highest BCUT2D eigenvalue weighted by molar-refractivity contribution is 7.90. The molecule has 0 aliphatic carbocycles. The molecule has 3 rings (SSSR count). The Morgan fingerprint density at radius 2 is 2.14 bits per heavy atom. The molecule has 0 fully saturated rings. The van der Waals surface area contributed by atoms with Crippen LogP contribution in [-0.2, 0) is 11.0 Å². The van der Waals surface area contributed by atoms with Gasteiger partial charge in [-0.25, -0.2) is 9.19 Å². The summed E-state index contributed by atoms with van der Waals surface area (Å²) in [4.78, 5) is 17.5. The van der Waals surface area contributed by atoms with Crippen molar-refractivity contribution in [2.45, 2.75) is 33.1 Å². The number of nitrogens with one attached hydrogen (secondary N) is 1. The molecular formula is C21H24N4O2S2. The van der Waals surface area contributed by atoms with Crippen LogP contribution in [-0.4, -0.2) is 19.7 Å². The van der Waals surface area contributed by atoms with Gasteiger partial charge in [0, 0.05) is 4.91 Å². The van der Waals surface area contributed by atoms with E-state index in [1.54, 1.807) is 12.4 Å². The third-order valence-electron chi connectivity index (χ3n) is 4.36. The van der Waals surface area contributed by atoms with E-state index in [9.17, 15) is 9.00 Å². The second-order valence-corrected chi connectivity index (χ2v) is 8.64. The number of allylic oxidation sites excluding steroid dienone is 4. The fourth-order valence-corrected chi connectivity index (χ4v) is 4.93. The number of benzene rings is 1. The van der Waals surface area contributed by atoms with Gasteiger partial charge in [0.1, 0.15) is 27.2 Å². The van der Waals surface area contributed by atoms with E-state index in [4.69, 9.17) is 5.73 Å². The first kappa shape index (κ1) is 21.0. The number of aromatic nitrogens is 2. The summed E-state index contributed by atoms with van der Waals surface area (Å²) in [6.45, 7) is 3.94. The van der Waals surface area contributed by atoms with E-state index in [0.717, 1.165) is 33.8 Å². The van der Waals surface area contributed by atoms with Gasteiger partial charge in [-0.05, 0) is 44.4 Å². The molecule has 3 N–H and O–H groups in total. The molecule has 1 aromatic carbocycles. The van der Waals surface area contributed by atoms with Gasteiger partial charge >= 0.3 is 0 Å². The fraction of sp³-hybridized carbons (Fsp3) is 0.238. The Morgan fingerprint density at radius 1 is 1.34 bits per heavy atom. The molecule has 0 spiro atoms. The van der Waals surface area contributed by atoms with E-state index in [0.29, 0.717) is 17.0 Å². The van der Waals surface area contributed by atoms with Crippen molar-refractivity contribution in [1.82, 2.24) is 9.55 Å². The second kappa shape index (κ2) is 9.67. The number of primary amides is 1. The molecule has 1 amide bonds. The summed E-state index contributed by atoms with van der Waals surface area (Å²) >= 11 is 1.25. The van der Waals surface area contributed by atoms with Gasteiger partial charge in [-0.15, -0.1) is 11.3 Å². The lowest BCUT2D eigenvalue weighted by Crippen LogP contribution is -2.13. The van der Waals surface area contributed by atoms with Gasteiger partial charge in [0.15, 0.2) is 0 Å². The first-order valence-corrected chi connectivity index (χ1v) is 11.4. The summed E-state index contributed by atoms with van der Waals surface area (Å²) in [5.41, 5.74) is 7.83. The normalized spacial score (nSPS) is 13.2. The summed E-state index contributed by atoms with van der Waals surface area (Å²) < 4.78 is 17.7. The molecule has 1 unspecified atom stereocenters. The molecule has 8 heteroatoms. The highest BCUT2D eigenvalue weighted by atomic mass is 32.2. The molecule has 152 valence electrons. The molecule has 0 saturated carbocycles. The van der Waals surface area contributed by atoms with Crippen LogP contribution in [0, 0.1) is 0 Å². The van der Waals surface area contributed by atoms with Crippen molar-refractivity contribution < 1.29 is 9.00 Å². The quantitative estimate of drug-likeness (QED) is 0.474. The molecule has 3 aromatic rings. The van der Waals surface area contributed by atoms with Crippen molar-refractivity contribution >= 4 is 45.0 Å². The van der Waals surface area contributed by atoms with Crippen LogP contribution in [0.25, 0.3) is 16.0 Å². The average Bonchev–Trinajstić information content (AvgIpc) is 3.32. The Balaban J connectivity index is 1.86. The number of nitrogens with two attached hydrogens (primary N) is 1. The minimum atomic E-state index is -1.45. The third-order valence-corrected chi connectivity index (χ3v) is 6.83. The predicted molar refractivity (Wildman–Crippen MR) is 122 cm³/mol. The maximum absolute atomic E-state index is 12.8. The number of carbonyl (C=O) groups excluding carboxylic acids is 1. The monoisotopic (exact) mass is 428 g/mol. The number of thiophene rings is 1. The number of hydrogen-bond donors (Lipinski definition) is 2. The molecule has 1 atom stereocenters. The molecule has 29 heavy (non-hydrogen) atoms. The smallest absolute Gasteiger partial charge is 0.261 e. The van der Waals surface area contributed by atoms with E-state index in [2.05, 4.69) is 28.8 Å². The summed E-state index contributed by atoms with van der Waals surface area (Å²) in [5.74, 6) is -0.557. The van der Waals surface area contributed by atoms with E-state index in [1.165, 1.54) is 11.3 Å². The van der Waals surface area contributed by atoms with E-state index < -0.39 is 16.9 Å². The predicted octanol–water partition coefficient (Wildman–Crippen LogP) is 4.91. The van der Waals surface area contributed by atoms with Crippen LogP contribution in [0.4, 0.5) is 5.69 Å². The Morgan fingerprint density at radius 3 is 2.86 bits per heavy atom. The first-order chi connectivity index (χ1) is 14.0. The van der Waals surface area contributed by atoms with Crippen LogP contribution in [0.3, 0.4) is 0 Å². The zero-order chi connectivity index (χ0) is 20.8. The van der Waals surface area contributed by atoms with Crippen LogP contribution >= 0.6 is 11.3 Å². The van der Waals surface area contributed by atoms with Gasteiger partial charge in [0.25, 0.3) is 5.91 Å². The largest absolute Gasteiger partial charge is 0.365 e. The van der Waals surface area contributed by atoms with Gasteiger partial charge in [-0.1, -0.05) is 37.3 Å². The molecule has 0 saturated heterocycles. The van der Waals surface area contributed by atoms with Gasteiger partial charge in [0.2, 0.25) is 0 Å². The Labute approximate surface area is 176 Å². The summed E-state index contributed by atoms with van der Waals surface area (Å²) in [6.07, 6.45) is 10.2. The number of hydrogen-bond acceptors (Lipinski definition) is 4. The lowest BCUT2D eigenvalue weighted by Gasteiger charge is -2.08. The Hall–Kier alpha value is -2.71. The molecule has 0 radical (unpaired) electrons. The average molecular weight is 429 g/mol. The molecular weight excluding hydrogens is 404 g/mol. The van der Waals surface area contributed by atoms with Crippen molar-refractivity contribution in [3.63, 3.8) is 0 Å². The lowest BCUT2D eigenvalue weighted by atomic mass is 10.2. The minimum absolute atomic E-state index is 0.340. The number of para-hydroxylation sites is 2. The van der Waals surface area contributed by atoms with Crippen LogP contribution in [0.2, 0.25) is 0 Å². The van der Waals surface area contributed by atoms with E-state index >= 15 is 0 Å². The molecule has 0 aliphatic heterocycles. The van der Waals surface area contributed by atoms with Crippen LogP contribution in [0.1, 0.15) is 42.8 Å². The molecule has 0 aliphatic rings. The number of nitrogens with zero attached hydrogens (tertiary/aromatic N) is 2. The summed E-state index contributed by atoms with van der Waals surface area (Å²) in [5, 5.41) is 0.778. The maximum atomic E-state index is 12.8. The number of amides is 1. The van der Waals surface area contributed by atoms with Gasteiger partial charge < -0.3 is 5.73 Å². The standard InChI is InChI=1S/C21H24N4O2S2/c1-3-5-6-7-10-15(4-2)29(27)24-17-13-19(28-20(17)21(22)26)25-14-23-16-11-8-9-12-18(16)25/h4-6,8-9,11-14,24H,3,7,10H2,1-2H3,(H2,22,26)/b6-5-,15-4+. The number of anilines is 1. The first-order valence-electron chi connectivity index (χ1n) is 9.39. The second-order valence-electron chi connectivity index (χ2n) is 6.34. The highest BCUT2D eigenvalue weighted by Crippen LogP contribution is 2.32. The maximum Gasteiger partial charge on any atom is 0.261 e. The Bertz CT molecular complexity index is 1100. The molecule has 2 aromatic heterocycles. The van der Waals surface area contributed by atoms with Crippen molar-refractivity contribution in [2.75, 3.05) is 4.72 Å². The van der Waals surface area contributed by atoms with Crippen LogP contribution in [0.15, 0.2) is 59.8 Å². The zero-order valence-corrected chi connectivity index (χ0v) is 18.1. The molecule has 2 heterocycles. The zero-order valence-electron chi connectivity index (χ0n) is 16.4. The van der Waals surface area contributed by atoms with Crippen molar-refractivity contribution in [1.29, 1.82) is 0 Å². The van der Waals surface area contributed by atoms with Gasteiger partial charge in [-0.2, -0.15) is 0 Å². The summed E-state index contributed by atoms with van der Waals surface area (Å²) in [7, 11) is -1.45. The minimum Gasteiger partial charge on any atom is -0.365 e. The van der Waals surface area contributed by atoms with Crippen LogP contribution in [0.5, 0.6) is 0 Å². The van der Waals surface area contributed by atoms with E-state index in [1.807, 2.05) is 41.8 Å². The van der Waals surface area contributed by atoms with Gasteiger partial charge in [-0.3, -0.25) is 14.1 Å². The van der Waals surface area contributed by atoms with Crippen molar-refractivity contribution in [3.05, 3.63) is 64.7 Å². The Kier molecular flexibility index (Phi) is 7.00. The van der Waals surface area contributed by atoms with E-state index in [-0.39, 0.29) is 0 Å². The summed E-state index contributed by atoms with van der Waals surface area (Å²) in [6, 6.07) is 9.53. The SMILES string of the molecule is C/C=C(\CC/C=C\CC)S(=O)Nc1cc(-n2cnc3ccccc32)sc1C(N)=O. The molecule has 0 bridgehead atoms. The highest BCUT2D eigenvalue weighted by Gasteiger charge is 2.18. The number of rotatable bonds is 9. The topological polar surface area (TPSA) is 90.0 Å². The van der Waals surface area contributed by atoms with Crippen molar-refractivity contribution in [3.8, 4) is 5.00 Å². The fourth-order valence-electron chi connectivity index (χ4n) is 2.91. The molecule has 6 nitrogen and oxygen atoms in total. The number of imidazole rings is 1. The lowest BCUT2D eigenvalue weighted by molar-refractivity contribution is 0.100. The number of fused-ring (bicyclic) bond motifs is 1. The number of carbonyl (C=O) groups is 1. The third kappa shape index (κ3) is 4.83.